The third kappa shape index (κ3) is 6.60. The van der Waals surface area contributed by atoms with E-state index in [1.165, 1.54) is 5.56 Å². The van der Waals surface area contributed by atoms with Gasteiger partial charge in [-0.1, -0.05) is 43.7 Å². The average Bonchev–Trinajstić information content (AvgIpc) is 3.79. The number of carbonyl (C=O) groups excluding carboxylic acids is 2. The minimum absolute atomic E-state index is 0.0404. The van der Waals surface area contributed by atoms with Gasteiger partial charge >= 0.3 is 6.03 Å². The van der Waals surface area contributed by atoms with Gasteiger partial charge in [0.05, 0.1) is 12.6 Å². The average molecular weight is 528 g/mol. The number of fused-ring (bicyclic) bond motifs is 1. The van der Waals surface area contributed by atoms with Gasteiger partial charge in [-0.05, 0) is 79.5 Å². The van der Waals surface area contributed by atoms with Gasteiger partial charge in [0.15, 0.2) is 5.78 Å². The number of aromatic nitrogens is 1. The fraction of sp³-hybridized carbons (Fsp3) is 0.485. The molecule has 2 aromatic carbocycles. The molecule has 1 aliphatic heterocycles. The zero-order chi connectivity index (χ0) is 27.2. The maximum atomic E-state index is 13.4. The highest BCUT2D eigenvalue weighted by atomic mass is 16.5. The molecular weight excluding hydrogens is 486 g/mol. The second-order valence-electron chi connectivity index (χ2n) is 11.2. The summed E-state index contributed by atoms with van der Waals surface area (Å²) in [7, 11) is 1.71. The van der Waals surface area contributed by atoms with Crippen molar-refractivity contribution in [1.29, 1.82) is 0 Å². The first-order valence-electron chi connectivity index (χ1n) is 14.7. The van der Waals surface area contributed by atoms with Crippen LogP contribution >= 0.6 is 0 Å². The number of hydrogen-bond donors (Lipinski definition) is 1. The third-order valence-electron chi connectivity index (χ3n) is 8.34. The number of piperidine rings is 1. The summed E-state index contributed by atoms with van der Waals surface area (Å²) >= 11 is 0. The van der Waals surface area contributed by atoms with E-state index in [0.717, 1.165) is 104 Å². The molecule has 1 N–H and O–H groups in total. The summed E-state index contributed by atoms with van der Waals surface area (Å²) in [6.07, 6.45) is 10.2. The lowest BCUT2D eigenvalue weighted by Crippen LogP contribution is -2.44. The number of urea groups is 1. The summed E-state index contributed by atoms with van der Waals surface area (Å²) in [5, 5.41) is 4.10. The van der Waals surface area contributed by atoms with Gasteiger partial charge in [-0.3, -0.25) is 9.78 Å². The molecule has 0 atom stereocenters. The maximum absolute atomic E-state index is 13.4. The summed E-state index contributed by atoms with van der Waals surface area (Å²) < 4.78 is 5.85. The van der Waals surface area contributed by atoms with E-state index in [1.54, 1.807) is 13.3 Å². The fourth-order valence-corrected chi connectivity index (χ4v) is 5.78. The Bertz CT molecular complexity index is 1290. The maximum Gasteiger partial charge on any atom is 0.317 e. The smallest absolute Gasteiger partial charge is 0.317 e. The summed E-state index contributed by atoms with van der Waals surface area (Å²) in [4.78, 5) is 32.6. The lowest BCUT2D eigenvalue weighted by Gasteiger charge is -2.33. The van der Waals surface area contributed by atoms with Crippen LogP contribution in [0, 0.1) is 5.92 Å². The van der Waals surface area contributed by atoms with Crippen molar-refractivity contribution in [3.05, 3.63) is 70.9 Å². The van der Waals surface area contributed by atoms with Crippen molar-refractivity contribution in [3.63, 3.8) is 0 Å². The Balaban J connectivity index is 1.43. The van der Waals surface area contributed by atoms with E-state index in [2.05, 4.69) is 42.6 Å². The van der Waals surface area contributed by atoms with Crippen molar-refractivity contribution in [1.82, 2.24) is 15.2 Å². The van der Waals surface area contributed by atoms with Gasteiger partial charge in [0.1, 0.15) is 5.75 Å². The van der Waals surface area contributed by atoms with Gasteiger partial charge in [0.2, 0.25) is 0 Å². The van der Waals surface area contributed by atoms with Gasteiger partial charge in [-0.2, -0.15) is 0 Å². The number of unbranched alkanes of at least 4 members (excludes halogenated alkanes) is 1. The molecule has 5 rings (SSSR count). The van der Waals surface area contributed by atoms with Crippen LogP contribution < -0.4 is 10.1 Å². The second kappa shape index (κ2) is 12.6. The largest absolute Gasteiger partial charge is 0.496 e. The minimum atomic E-state index is 0.0404. The van der Waals surface area contributed by atoms with Crippen molar-refractivity contribution in [3.8, 4) is 5.75 Å². The van der Waals surface area contributed by atoms with Gasteiger partial charge < -0.3 is 15.0 Å². The zero-order valence-corrected chi connectivity index (χ0v) is 23.4. The minimum Gasteiger partial charge on any atom is -0.496 e. The molecule has 6 heteroatoms. The van der Waals surface area contributed by atoms with Crippen LogP contribution in [0.1, 0.15) is 84.8 Å². The number of ketones is 1. The van der Waals surface area contributed by atoms with E-state index >= 15 is 0 Å². The van der Waals surface area contributed by atoms with Crippen LogP contribution in [0.15, 0.2) is 48.7 Å². The number of methoxy groups -OCH3 is 1. The van der Waals surface area contributed by atoms with Gasteiger partial charge in [0.25, 0.3) is 0 Å². The molecule has 2 heterocycles. The van der Waals surface area contributed by atoms with Crippen LogP contribution in [-0.2, 0) is 12.8 Å². The number of rotatable bonds is 11. The first-order chi connectivity index (χ1) is 19.1. The quantitative estimate of drug-likeness (QED) is 0.222. The molecule has 0 radical (unpaired) electrons. The monoisotopic (exact) mass is 527 g/mol. The molecule has 0 unspecified atom stereocenters. The van der Waals surface area contributed by atoms with Gasteiger partial charge in [0, 0.05) is 49.3 Å². The van der Waals surface area contributed by atoms with E-state index < -0.39 is 0 Å². The van der Waals surface area contributed by atoms with Crippen molar-refractivity contribution in [2.75, 3.05) is 26.7 Å². The van der Waals surface area contributed by atoms with Crippen LogP contribution in [0.4, 0.5) is 4.79 Å². The fourth-order valence-electron chi connectivity index (χ4n) is 5.78. The highest BCUT2D eigenvalue weighted by molar-refractivity contribution is 6.02. The molecule has 1 aliphatic carbocycles. The van der Waals surface area contributed by atoms with Crippen molar-refractivity contribution < 1.29 is 14.3 Å². The van der Waals surface area contributed by atoms with Gasteiger partial charge in [-0.25, -0.2) is 4.79 Å². The molecule has 3 aromatic rings. The Labute approximate surface area is 232 Å². The summed E-state index contributed by atoms with van der Waals surface area (Å²) in [5.41, 5.74) is 5.17. The molecule has 206 valence electrons. The molecule has 1 saturated heterocycles. The molecule has 2 amide bonds. The standard InChI is InChI=1S/C33H41N3O3/c1-3-4-16-34-33(38)36-17-14-25(15-18-36)27-20-28-26(13-12-23-8-6-5-7-9-23)29(31(37)19-24-10-11-24)22-35-30(28)21-32(27)39-2/h5-9,20-22,24-25H,3-4,10-19H2,1-2H3,(H,34,38). The van der Waals surface area contributed by atoms with Crippen LogP contribution in [0.3, 0.4) is 0 Å². The van der Waals surface area contributed by atoms with E-state index in [1.807, 2.05) is 17.0 Å². The van der Waals surface area contributed by atoms with Crippen LogP contribution in [0.2, 0.25) is 0 Å². The van der Waals surface area contributed by atoms with Crippen molar-refractivity contribution in [2.24, 2.45) is 5.92 Å². The number of carbonyl (C=O) groups is 2. The number of nitrogens with zero attached hydrogens (tertiary/aromatic N) is 2. The lowest BCUT2D eigenvalue weighted by molar-refractivity contribution is 0.0975. The Morgan fingerprint density at radius 1 is 1.05 bits per heavy atom. The molecular formula is C33H41N3O3. The van der Waals surface area contributed by atoms with Crippen LogP contribution in [-0.4, -0.2) is 48.4 Å². The molecule has 39 heavy (non-hydrogen) atoms. The predicted molar refractivity (Wildman–Crippen MR) is 156 cm³/mol. The first kappa shape index (κ1) is 27.2. The number of Topliss-reactive ketones (excluding diaryl/α,β-unsaturated/α-hetero) is 1. The highest BCUT2D eigenvalue weighted by Crippen LogP contribution is 2.39. The molecule has 1 saturated carbocycles. The number of pyridine rings is 1. The molecule has 0 bridgehead atoms. The Morgan fingerprint density at radius 2 is 1.82 bits per heavy atom. The Kier molecular flexibility index (Phi) is 8.80. The lowest BCUT2D eigenvalue weighted by atomic mass is 9.86. The number of aryl methyl sites for hydroxylation is 2. The Morgan fingerprint density at radius 3 is 2.51 bits per heavy atom. The number of likely N-dealkylation sites (tertiary alicyclic amines) is 1. The first-order valence-corrected chi connectivity index (χ1v) is 14.7. The van der Waals surface area contributed by atoms with E-state index in [-0.39, 0.29) is 17.7 Å². The second-order valence-corrected chi connectivity index (χ2v) is 11.2. The Hall–Kier alpha value is -3.41. The zero-order valence-electron chi connectivity index (χ0n) is 23.4. The number of ether oxygens (including phenoxy) is 1. The SMILES string of the molecule is CCCCNC(=O)N1CCC(c2cc3c(CCc4ccccc4)c(C(=O)CC4CC4)cnc3cc2OC)CC1. The summed E-state index contributed by atoms with van der Waals surface area (Å²) in [6, 6.07) is 14.8. The van der Waals surface area contributed by atoms with Crippen molar-refractivity contribution >= 4 is 22.7 Å². The number of amides is 2. The van der Waals surface area contributed by atoms with E-state index in [9.17, 15) is 9.59 Å². The van der Waals surface area contributed by atoms with Crippen LogP contribution in [0.5, 0.6) is 5.75 Å². The summed E-state index contributed by atoms with van der Waals surface area (Å²) in [5.74, 6) is 1.88. The van der Waals surface area contributed by atoms with Crippen LogP contribution in [0.25, 0.3) is 10.9 Å². The molecule has 6 nitrogen and oxygen atoms in total. The van der Waals surface area contributed by atoms with E-state index in [0.29, 0.717) is 12.3 Å². The normalized spacial score (nSPS) is 15.9. The topological polar surface area (TPSA) is 71.5 Å². The highest BCUT2D eigenvalue weighted by Gasteiger charge is 2.29. The molecule has 2 fully saturated rings. The number of hydrogen-bond acceptors (Lipinski definition) is 4. The van der Waals surface area contributed by atoms with E-state index in [4.69, 9.17) is 9.72 Å². The van der Waals surface area contributed by atoms with Crippen molar-refractivity contribution in [2.45, 2.75) is 70.6 Å². The molecule has 2 aliphatic rings. The molecule has 1 aromatic heterocycles. The predicted octanol–water partition coefficient (Wildman–Crippen LogP) is 6.70. The molecule has 0 spiro atoms. The van der Waals surface area contributed by atoms with Gasteiger partial charge in [-0.15, -0.1) is 0 Å². The number of nitrogens with one attached hydrogen (secondary N) is 1. The third-order valence-corrected chi connectivity index (χ3v) is 8.34. The summed E-state index contributed by atoms with van der Waals surface area (Å²) in [6.45, 7) is 4.31. The number of benzene rings is 2.